The Balaban J connectivity index is 2.40. The fourth-order valence-corrected chi connectivity index (χ4v) is 1.68. The molecule has 0 aliphatic rings. The lowest BCUT2D eigenvalue weighted by molar-refractivity contribution is -0.385. The number of hydrazine groups is 1. The number of nitro benzene ring substituents is 1. The van der Waals surface area contributed by atoms with E-state index in [1.165, 1.54) is 12.1 Å². The summed E-state index contributed by atoms with van der Waals surface area (Å²) in [5.41, 5.74) is 3.01. The molecule has 0 amide bonds. The van der Waals surface area contributed by atoms with Crippen LogP contribution in [-0.4, -0.2) is 14.9 Å². The van der Waals surface area contributed by atoms with Crippen LogP contribution in [0.1, 0.15) is 11.1 Å². The van der Waals surface area contributed by atoms with Crippen molar-refractivity contribution in [3.8, 4) is 11.6 Å². The first-order valence-corrected chi connectivity index (χ1v) is 5.85. The van der Waals surface area contributed by atoms with Crippen molar-refractivity contribution in [2.45, 2.75) is 13.8 Å². The number of nitrogens with two attached hydrogens (primary N) is 1. The zero-order valence-corrected chi connectivity index (χ0v) is 11.3. The van der Waals surface area contributed by atoms with E-state index in [0.717, 1.165) is 6.20 Å². The van der Waals surface area contributed by atoms with Crippen molar-refractivity contribution in [3.63, 3.8) is 0 Å². The second kappa shape index (κ2) is 5.67. The second-order valence-electron chi connectivity index (χ2n) is 4.25. The Morgan fingerprint density at radius 2 is 2.10 bits per heavy atom. The Morgan fingerprint density at radius 1 is 1.38 bits per heavy atom. The number of benzene rings is 1. The third-order valence-electron chi connectivity index (χ3n) is 2.74. The predicted octanol–water partition coefficient (Wildman–Crippen LogP) is 2.22. The van der Waals surface area contributed by atoms with Crippen LogP contribution in [0.4, 0.5) is 16.0 Å². The highest BCUT2D eigenvalue weighted by atomic mass is 19.1. The molecular weight excluding hydrogens is 281 g/mol. The highest BCUT2D eigenvalue weighted by Gasteiger charge is 2.16. The quantitative estimate of drug-likeness (QED) is 0.504. The van der Waals surface area contributed by atoms with Crippen molar-refractivity contribution >= 4 is 11.6 Å². The van der Waals surface area contributed by atoms with Crippen molar-refractivity contribution in [2.24, 2.45) is 5.84 Å². The van der Waals surface area contributed by atoms with Gasteiger partial charge in [0.05, 0.1) is 11.1 Å². The van der Waals surface area contributed by atoms with E-state index in [2.05, 4.69) is 15.4 Å². The number of nitrogens with zero attached hydrogens (tertiary/aromatic N) is 3. The van der Waals surface area contributed by atoms with Gasteiger partial charge in [0.25, 0.3) is 11.6 Å². The van der Waals surface area contributed by atoms with E-state index in [1.54, 1.807) is 13.8 Å². The van der Waals surface area contributed by atoms with E-state index in [4.69, 9.17) is 10.6 Å². The molecule has 8 nitrogen and oxygen atoms in total. The van der Waals surface area contributed by atoms with Crippen molar-refractivity contribution < 1.29 is 14.1 Å². The monoisotopic (exact) mass is 293 g/mol. The number of aryl methyl sites for hydroxylation is 2. The molecule has 0 radical (unpaired) electrons. The maximum atomic E-state index is 13.6. The molecule has 21 heavy (non-hydrogen) atoms. The van der Waals surface area contributed by atoms with E-state index in [1.807, 2.05) is 0 Å². The molecule has 2 rings (SSSR count). The Bertz CT molecular complexity index is 708. The van der Waals surface area contributed by atoms with Crippen LogP contribution in [0.3, 0.4) is 0 Å². The van der Waals surface area contributed by atoms with E-state index < -0.39 is 10.7 Å². The van der Waals surface area contributed by atoms with Crippen LogP contribution in [-0.2, 0) is 0 Å². The molecule has 3 N–H and O–H groups in total. The largest absolute Gasteiger partial charge is 0.436 e. The lowest BCUT2D eigenvalue weighted by Gasteiger charge is -2.10. The molecule has 0 unspecified atom stereocenters. The average molecular weight is 293 g/mol. The van der Waals surface area contributed by atoms with Crippen molar-refractivity contribution in [1.82, 2.24) is 9.97 Å². The van der Waals surface area contributed by atoms with Gasteiger partial charge in [-0.05, 0) is 25.5 Å². The molecule has 110 valence electrons. The number of ether oxygens (including phenoxy) is 1. The molecule has 1 aromatic carbocycles. The SMILES string of the molecule is Cc1cc([N+](=O)[O-])c(C)cc1Oc1nc(NN)ncc1F. The number of nitrogen functional groups attached to an aromatic ring is 1. The lowest BCUT2D eigenvalue weighted by Crippen LogP contribution is -2.11. The molecule has 2 aromatic rings. The third kappa shape index (κ3) is 3.03. The van der Waals surface area contributed by atoms with Crippen LogP contribution >= 0.6 is 0 Å². The zero-order valence-electron chi connectivity index (χ0n) is 11.3. The van der Waals surface area contributed by atoms with Gasteiger partial charge in [-0.15, -0.1) is 0 Å². The first kappa shape index (κ1) is 14.6. The predicted molar refractivity (Wildman–Crippen MR) is 72.4 cm³/mol. The van der Waals surface area contributed by atoms with Gasteiger partial charge < -0.3 is 4.74 Å². The molecule has 0 bridgehead atoms. The highest BCUT2D eigenvalue weighted by Crippen LogP contribution is 2.31. The summed E-state index contributed by atoms with van der Waals surface area (Å²) in [6.07, 6.45) is 0.908. The zero-order chi connectivity index (χ0) is 15.6. The molecule has 1 aromatic heterocycles. The molecular formula is C12H12FN5O3. The molecule has 0 fully saturated rings. The average Bonchev–Trinajstić information content (AvgIpc) is 2.44. The van der Waals surface area contributed by atoms with Crippen LogP contribution in [0.15, 0.2) is 18.3 Å². The Hall–Kier alpha value is -2.81. The molecule has 0 spiro atoms. The van der Waals surface area contributed by atoms with E-state index in [0.29, 0.717) is 11.1 Å². The number of halogens is 1. The van der Waals surface area contributed by atoms with E-state index in [-0.39, 0.29) is 23.3 Å². The van der Waals surface area contributed by atoms with Crippen molar-refractivity contribution in [2.75, 3.05) is 5.43 Å². The highest BCUT2D eigenvalue weighted by molar-refractivity contribution is 5.50. The van der Waals surface area contributed by atoms with Gasteiger partial charge in [0.15, 0.2) is 0 Å². The van der Waals surface area contributed by atoms with Gasteiger partial charge in [-0.1, -0.05) is 0 Å². The first-order valence-electron chi connectivity index (χ1n) is 5.85. The summed E-state index contributed by atoms with van der Waals surface area (Å²) >= 11 is 0. The Kier molecular flexibility index (Phi) is 3.94. The Labute approximate surface area is 118 Å². The Morgan fingerprint density at radius 3 is 2.71 bits per heavy atom. The van der Waals surface area contributed by atoms with Crippen molar-refractivity contribution in [1.29, 1.82) is 0 Å². The van der Waals surface area contributed by atoms with Gasteiger partial charge in [-0.2, -0.15) is 9.37 Å². The molecule has 0 aliphatic carbocycles. The number of nitro groups is 1. The number of nitrogens with one attached hydrogen (secondary N) is 1. The van der Waals surface area contributed by atoms with Crippen LogP contribution in [0.5, 0.6) is 11.6 Å². The molecule has 0 atom stereocenters. The van der Waals surface area contributed by atoms with Crippen LogP contribution in [0, 0.1) is 29.8 Å². The van der Waals surface area contributed by atoms with Gasteiger partial charge in [-0.25, -0.2) is 10.8 Å². The summed E-state index contributed by atoms with van der Waals surface area (Å²) in [5, 5.41) is 10.8. The summed E-state index contributed by atoms with van der Waals surface area (Å²) in [7, 11) is 0. The van der Waals surface area contributed by atoms with Gasteiger partial charge >= 0.3 is 0 Å². The van der Waals surface area contributed by atoms with Gasteiger partial charge in [0, 0.05) is 11.6 Å². The maximum Gasteiger partial charge on any atom is 0.272 e. The summed E-state index contributed by atoms with van der Waals surface area (Å²) in [4.78, 5) is 17.7. The van der Waals surface area contributed by atoms with Crippen molar-refractivity contribution in [3.05, 3.63) is 45.4 Å². The standard InChI is InChI=1S/C12H12FN5O3/c1-6-4-10(7(2)3-9(6)18(19)20)21-11-8(13)5-15-12(16-11)17-14/h3-5H,14H2,1-2H3,(H,15,16,17). The summed E-state index contributed by atoms with van der Waals surface area (Å²) < 4.78 is 19.0. The lowest BCUT2D eigenvalue weighted by atomic mass is 10.1. The summed E-state index contributed by atoms with van der Waals surface area (Å²) in [6, 6.07) is 2.80. The fraction of sp³-hybridized carbons (Fsp3) is 0.167. The van der Waals surface area contributed by atoms with E-state index >= 15 is 0 Å². The van der Waals surface area contributed by atoms with E-state index in [9.17, 15) is 14.5 Å². The fourth-order valence-electron chi connectivity index (χ4n) is 1.68. The molecule has 9 heteroatoms. The maximum absolute atomic E-state index is 13.6. The number of anilines is 1. The number of aromatic nitrogens is 2. The van der Waals surface area contributed by atoms with Crippen LogP contribution in [0.25, 0.3) is 0 Å². The third-order valence-corrected chi connectivity index (χ3v) is 2.74. The minimum atomic E-state index is -0.774. The van der Waals surface area contributed by atoms with Gasteiger partial charge in [-0.3, -0.25) is 15.5 Å². The summed E-state index contributed by atoms with van der Waals surface area (Å²) in [6.45, 7) is 3.18. The molecule has 1 heterocycles. The molecule has 0 saturated carbocycles. The van der Waals surface area contributed by atoms with Crippen LogP contribution in [0.2, 0.25) is 0 Å². The van der Waals surface area contributed by atoms with Crippen LogP contribution < -0.4 is 16.0 Å². The first-order chi connectivity index (χ1) is 9.92. The van der Waals surface area contributed by atoms with Gasteiger partial charge in [0.2, 0.25) is 11.8 Å². The number of rotatable bonds is 4. The smallest absolute Gasteiger partial charge is 0.272 e. The minimum Gasteiger partial charge on any atom is -0.436 e. The second-order valence-corrected chi connectivity index (χ2v) is 4.25. The molecule has 0 saturated heterocycles. The topological polar surface area (TPSA) is 116 Å². The van der Waals surface area contributed by atoms with Gasteiger partial charge in [0.1, 0.15) is 5.75 Å². The minimum absolute atomic E-state index is 0.0114. The number of hydrogen-bond acceptors (Lipinski definition) is 7. The molecule has 0 aliphatic heterocycles. The normalized spacial score (nSPS) is 10.3. The summed E-state index contributed by atoms with van der Waals surface area (Å²) in [5.74, 6) is 4.29. The number of hydrogen-bond donors (Lipinski definition) is 2.